The normalized spacial score (nSPS) is 17.1. The molecule has 0 spiro atoms. The number of carboxylic acids is 1. The molecule has 1 saturated carbocycles. The number of hydrazine groups is 1. The molecule has 1 aliphatic carbocycles. The number of rotatable bonds is 19. The molecule has 2 aliphatic rings. The van der Waals surface area contributed by atoms with Gasteiger partial charge in [0.05, 0.1) is 12.1 Å². The van der Waals surface area contributed by atoms with E-state index in [0.717, 1.165) is 62.0 Å². The van der Waals surface area contributed by atoms with Crippen molar-refractivity contribution < 1.29 is 14.7 Å². The van der Waals surface area contributed by atoms with Crippen molar-refractivity contribution >= 4 is 34.5 Å². The molecule has 0 bridgehead atoms. The highest BCUT2D eigenvalue weighted by Gasteiger charge is 2.25. The molecule has 2 aromatic rings. The van der Waals surface area contributed by atoms with Gasteiger partial charge in [0.15, 0.2) is 0 Å². The molecule has 14 nitrogen and oxygen atoms in total. The van der Waals surface area contributed by atoms with E-state index in [4.69, 9.17) is 27.4 Å². The van der Waals surface area contributed by atoms with Crippen LogP contribution in [0.2, 0.25) is 0 Å². The molecule has 2 heterocycles. The van der Waals surface area contributed by atoms with Crippen molar-refractivity contribution in [1.82, 2.24) is 30.1 Å². The number of aromatic nitrogens is 2. The van der Waals surface area contributed by atoms with Crippen molar-refractivity contribution in [3.63, 3.8) is 0 Å². The van der Waals surface area contributed by atoms with E-state index in [1.807, 2.05) is 24.3 Å². The minimum atomic E-state index is -1.09. The van der Waals surface area contributed by atoms with E-state index in [1.165, 1.54) is 32.1 Å². The fourth-order valence-corrected chi connectivity index (χ4v) is 6.39. The maximum absolute atomic E-state index is 12.6. The number of fused-ring (bicyclic) bond motifs is 1. The number of amides is 1. The highest BCUT2D eigenvalue weighted by Crippen LogP contribution is 2.25. The lowest BCUT2D eigenvalue weighted by Gasteiger charge is -2.33. The van der Waals surface area contributed by atoms with Gasteiger partial charge in [-0.05, 0) is 83.8 Å². The first kappa shape index (κ1) is 37.1. The number of carboxylic acid groups (broad SMARTS) is 1. The molecular formula is C34H57N11O3. The summed E-state index contributed by atoms with van der Waals surface area (Å²) in [6.07, 6.45) is 12.4. The summed E-state index contributed by atoms with van der Waals surface area (Å²) in [6.45, 7) is 5.33. The third-order valence-corrected chi connectivity index (χ3v) is 9.27. The van der Waals surface area contributed by atoms with E-state index >= 15 is 0 Å². The summed E-state index contributed by atoms with van der Waals surface area (Å²) in [6, 6.07) is 7.64. The highest BCUT2D eigenvalue weighted by molar-refractivity contribution is 5.90. The third kappa shape index (κ3) is 12.4. The van der Waals surface area contributed by atoms with Crippen LogP contribution < -0.4 is 33.3 Å². The van der Waals surface area contributed by atoms with Crippen molar-refractivity contribution in [3.8, 4) is 0 Å². The van der Waals surface area contributed by atoms with Gasteiger partial charge in [-0.25, -0.2) is 10.8 Å². The summed E-state index contributed by atoms with van der Waals surface area (Å²) in [5.41, 5.74) is 13.2. The molecule has 48 heavy (non-hydrogen) atoms. The van der Waals surface area contributed by atoms with Crippen molar-refractivity contribution in [1.29, 1.82) is 0 Å². The summed E-state index contributed by atoms with van der Waals surface area (Å²) >= 11 is 0. The van der Waals surface area contributed by atoms with Crippen molar-refractivity contribution in [2.45, 2.75) is 88.8 Å². The van der Waals surface area contributed by atoms with E-state index in [2.05, 4.69) is 32.9 Å². The predicted molar refractivity (Wildman–Crippen MR) is 191 cm³/mol. The van der Waals surface area contributed by atoms with Gasteiger partial charge in [-0.3, -0.25) is 9.59 Å². The summed E-state index contributed by atoms with van der Waals surface area (Å²) in [7, 11) is 2.16. The van der Waals surface area contributed by atoms with Crippen LogP contribution in [0.15, 0.2) is 36.2 Å². The first-order chi connectivity index (χ1) is 23.2. The number of benzene rings is 1. The number of piperidine rings is 1. The Morgan fingerprint density at radius 1 is 1.04 bits per heavy atom. The second kappa shape index (κ2) is 19.3. The molecule has 1 aliphatic heterocycles. The van der Waals surface area contributed by atoms with Gasteiger partial charge in [0.25, 0.3) is 0 Å². The topological polar surface area (TPSA) is 204 Å². The second-order valence-electron chi connectivity index (χ2n) is 13.3. The average Bonchev–Trinajstić information content (AvgIpc) is 3.08. The number of likely N-dealkylation sites (tertiary alicyclic amines) is 1. The van der Waals surface area contributed by atoms with E-state index in [-0.39, 0.29) is 24.8 Å². The number of nitrogens with two attached hydrogens (primary N) is 3. The molecule has 4 rings (SSSR count). The molecule has 1 aromatic carbocycles. The minimum absolute atomic E-state index is 0.0637. The molecule has 1 saturated heterocycles. The van der Waals surface area contributed by atoms with Crippen LogP contribution in [0.3, 0.4) is 0 Å². The van der Waals surface area contributed by atoms with Gasteiger partial charge in [-0.1, -0.05) is 31.4 Å². The standard InChI is InChI=1S/C34H57N11O3/c1-43(18-7-17-38-26-9-3-2-4-10-26)19-8-20-45(37)24-25(35)23-39-34-41-30-12-6-5-11-28(30)32(42-34)40-27-15-21-44(22-16-27)31(46)14-13-29(36)33(47)48/h5-6,11-12,24,26-27,29,38H,2-4,7-10,13-23,35-37H2,1H3,(H,47,48)(H2,39,40,41,42)/b25-24-. The van der Waals surface area contributed by atoms with Crippen LogP contribution >= 0.6 is 0 Å². The van der Waals surface area contributed by atoms with Gasteiger partial charge in [-0.2, -0.15) is 4.98 Å². The molecule has 10 N–H and O–H groups in total. The molecule has 1 atom stereocenters. The Morgan fingerprint density at radius 3 is 2.52 bits per heavy atom. The quantitative estimate of drug-likeness (QED) is 0.0653. The Labute approximate surface area is 284 Å². The molecule has 0 radical (unpaired) electrons. The molecule has 266 valence electrons. The number of hydrogen-bond donors (Lipinski definition) is 7. The molecule has 1 aromatic heterocycles. The summed E-state index contributed by atoms with van der Waals surface area (Å²) < 4.78 is 0. The Morgan fingerprint density at radius 2 is 1.77 bits per heavy atom. The minimum Gasteiger partial charge on any atom is -0.480 e. The van der Waals surface area contributed by atoms with Gasteiger partial charge >= 0.3 is 5.97 Å². The fourth-order valence-electron chi connectivity index (χ4n) is 6.39. The van der Waals surface area contributed by atoms with Crippen LogP contribution in [-0.2, 0) is 9.59 Å². The van der Waals surface area contributed by atoms with Crippen molar-refractivity contribution in [2.24, 2.45) is 17.3 Å². The Kier molecular flexibility index (Phi) is 14.9. The lowest BCUT2D eigenvalue weighted by Crippen LogP contribution is -2.43. The largest absolute Gasteiger partial charge is 0.480 e. The summed E-state index contributed by atoms with van der Waals surface area (Å²) in [5, 5.41) is 22.0. The van der Waals surface area contributed by atoms with Crippen LogP contribution in [0, 0.1) is 0 Å². The van der Waals surface area contributed by atoms with Crippen molar-refractivity contribution in [3.05, 3.63) is 36.2 Å². The van der Waals surface area contributed by atoms with Gasteiger partial charge < -0.3 is 47.3 Å². The zero-order valence-electron chi connectivity index (χ0n) is 28.6. The Balaban J connectivity index is 1.19. The third-order valence-electron chi connectivity index (χ3n) is 9.27. The van der Waals surface area contributed by atoms with Crippen LogP contribution in [0.1, 0.15) is 70.6 Å². The predicted octanol–water partition coefficient (Wildman–Crippen LogP) is 2.25. The van der Waals surface area contributed by atoms with Crippen LogP contribution in [-0.4, -0.2) is 113 Å². The zero-order chi connectivity index (χ0) is 34.3. The number of carbonyl (C=O) groups is 2. The van der Waals surface area contributed by atoms with Crippen molar-refractivity contribution in [2.75, 3.05) is 63.5 Å². The van der Waals surface area contributed by atoms with Crippen LogP contribution in [0.25, 0.3) is 10.9 Å². The van der Waals surface area contributed by atoms with E-state index in [9.17, 15) is 9.59 Å². The Hall–Kier alpha value is -3.72. The highest BCUT2D eigenvalue weighted by atomic mass is 16.4. The van der Waals surface area contributed by atoms with Gasteiger partial charge in [0.2, 0.25) is 11.9 Å². The first-order valence-corrected chi connectivity index (χ1v) is 17.6. The number of anilines is 2. The number of aliphatic carboxylic acids is 1. The van der Waals surface area contributed by atoms with Crippen LogP contribution in [0.5, 0.6) is 0 Å². The lowest BCUT2D eigenvalue weighted by molar-refractivity contribution is -0.139. The number of carbonyl (C=O) groups excluding carboxylic acids is 1. The molecule has 1 unspecified atom stereocenters. The second-order valence-corrected chi connectivity index (χ2v) is 13.3. The van der Waals surface area contributed by atoms with E-state index in [1.54, 1.807) is 16.1 Å². The average molecular weight is 668 g/mol. The molecular weight excluding hydrogens is 610 g/mol. The summed E-state index contributed by atoms with van der Waals surface area (Å²) in [4.78, 5) is 37.1. The number of nitrogens with one attached hydrogen (secondary N) is 3. The summed E-state index contributed by atoms with van der Waals surface area (Å²) in [5.74, 6) is 6.26. The van der Waals surface area contributed by atoms with E-state index < -0.39 is 12.0 Å². The fraction of sp³-hybridized carbons (Fsp3) is 0.647. The van der Waals surface area contributed by atoms with Gasteiger partial charge in [0.1, 0.15) is 11.9 Å². The Bertz CT molecular complexity index is 1330. The van der Waals surface area contributed by atoms with Crippen LogP contribution in [0.4, 0.5) is 11.8 Å². The first-order valence-electron chi connectivity index (χ1n) is 17.6. The monoisotopic (exact) mass is 667 g/mol. The molecule has 2 fully saturated rings. The zero-order valence-corrected chi connectivity index (χ0v) is 28.6. The van der Waals surface area contributed by atoms with E-state index in [0.29, 0.717) is 43.9 Å². The molecule has 14 heteroatoms. The SMILES string of the molecule is CN(CCCNC1CCCCC1)CCCN(N)/C=C(\N)CNc1nc(NC2CCN(C(=O)CCC(N)C(=O)O)CC2)c2ccccc2n1. The van der Waals surface area contributed by atoms with Gasteiger partial charge in [0, 0.05) is 55.4 Å². The maximum Gasteiger partial charge on any atom is 0.320 e. The lowest BCUT2D eigenvalue weighted by atomic mass is 9.95. The number of hydrogen-bond acceptors (Lipinski definition) is 12. The smallest absolute Gasteiger partial charge is 0.320 e. The maximum atomic E-state index is 12.6. The van der Waals surface area contributed by atoms with Gasteiger partial charge in [-0.15, -0.1) is 0 Å². The number of nitrogens with zero attached hydrogens (tertiary/aromatic N) is 5. The molecule has 1 amide bonds. The number of para-hydroxylation sites is 1.